The number of alkyl halides is 3. The number of nitrogens with zero attached hydrogens (tertiary/aromatic N) is 2. The summed E-state index contributed by atoms with van der Waals surface area (Å²) in [5.74, 6) is -2.74. The first-order chi connectivity index (χ1) is 11.0. The topological polar surface area (TPSA) is 73.5 Å². The molecular weight excluding hydrogens is 360 g/mol. The van der Waals surface area contributed by atoms with E-state index in [0.717, 1.165) is 14.2 Å². The highest BCUT2D eigenvalue weighted by Gasteiger charge is 2.35. The van der Waals surface area contributed by atoms with E-state index in [1.807, 2.05) is 0 Å². The molecule has 0 spiro atoms. The first kappa shape index (κ1) is 17.9. The third-order valence-corrected chi connectivity index (χ3v) is 3.46. The lowest BCUT2D eigenvalue weighted by atomic mass is 10.2. The second kappa shape index (κ2) is 5.86. The quantitative estimate of drug-likeness (QED) is 0.824. The molecule has 0 fully saturated rings. The zero-order valence-corrected chi connectivity index (χ0v) is 12.9. The molecule has 24 heavy (non-hydrogen) atoms. The van der Waals surface area contributed by atoms with Crippen LogP contribution in [-0.4, -0.2) is 21.4 Å². The molecule has 0 aliphatic rings. The molecule has 1 heterocycles. The smallest absolute Gasteiger partial charge is 0.431 e. The van der Waals surface area contributed by atoms with Gasteiger partial charge < -0.3 is 9.84 Å². The Labute approximate surface area is 136 Å². The molecule has 0 aliphatic heterocycles. The SMILES string of the molecule is COc1c(Cl)cc(F)c(-n2c(=O)cc(C(F)(F)F)n(C)c2=O)c1O. The van der Waals surface area contributed by atoms with Gasteiger partial charge in [0.1, 0.15) is 11.4 Å². The Morgan fingerprint density at radius 2 is 1.83 bits per heavy atom. The molecule has 1 aromatic carbocycles. The van der Waals surface area contributed by atoms with E-state index in [1.165, 1.54) is 0 Å². The highest BCUT2D eigenvalue weighted by Crippen LogP contribution is 2.40. The van der Waals surface area contributed by atoms with Crippen LogP contribution in [0.3, 0.4) is 0 Å². The number of aromatic hydroxyl groups is 1. The molecule has 0 bridgehead atoms. The molecule has 0 atom stereocenters. The van der Waals surface area contributed by atoms with Gasteiger partial charge in [-0.3, -0.25) is 9.36 Å². The van der Waals surface area contributed by atoms with Crippen LogP contribution in [0.5, 0.6) is 11.5 Å². The molecule has 1 aromatic heterocycles. The fourth-order valence-electron chi connectivity index (χ4n) is 2.09. The van der Waals surface area contributed by atoms with Gasteiger partial charge >= 0.3 is 11.9 Å². The van der Waals surface area contributed by atoms with Crippen LogP contribution in [0.1, 0.15) is 5.69 Å². The predicted molar refractivity (Wildman–Crippen MR) is 75.5 cm³/mol. The van der Waals surface area contributed by atoms with E-state index in [2.05, 4.69) is 0 Å². The van der Waals surface area contributed by atoms with E-state index in [0.29, 0.717) is 6.07 Å². The Morgan fingerprint density at radius 3 is 2.33 bits per heavy atom. The number of aromatic nitrogens is 2. The minimum absolute atomic E-state index is 0.0543. The maximum Gasteiger partial charge on any atom is 0.431 e. The van der Waals surface area contributed by atoms with Crippen molar-refractivity contribution in [1.29, 1.82) is 0 Å². The van der Waals surface area contributed by atoms with E-state index in [1.54, 1.807) is 0 Å². The molecule has 11 heteroatoms. The lowest BCUT2D eigenvalue weighted by molar-refractivity contribution is -0.144. The number of methoxy groups -OCH3 is 1. The van der Waals surface area contributed by atoms with Crippen LogP contribution in [0.15, 0.2) is 21.7 Å². The molecule has 0 amide bonds. The number of rotatable bonds is 2. The molecule has 2 aromatic rings. The number of ether oxygens (including phenoxy) is 1. The predicted octanol–water partition coefficient (Wildman–Crippen LogP) is 2.06. The second-order valence-corrected chi connectivity index (χ2v) is 5.02. The molecule has 130 valence electrons. The van der Waals surface area contributed by atoms with Crippen molar-refractivity contribution >= 4 is 11.6 Å². The van der Waals surface area contributed by atoms with Gasteiger partial charge in [-0.1, -0.05) is 11.6 Å². The summed E-state index contributed by atoms with van der Waals surface area (Å²) in [4.78, 5) is 24.1. The third-order valence-electron chi connectivity index (χ3n) is 3.17. The van der Waals surface area contributed by atoms with Crippen LogP contribution < -0.4 is 16.0 Å². The fraction of sp³-hybridized carbons (Fsp3) is 0.231. The Morgan fingerprint density at radius 1 is 1.25 bits per heavy atom. The summed E-state index contributed by atoms with van der Waals surface area (Å²) < 4.78 is 57.4. The van der Waals surface area contributed by atoms with Crippen LogP contribution in [0.2, 0.25) is 5.02 Å². The Hall–Kier alpha value is -2.49. The Balaban J connectivity index is 2.94. The van der Waals surface area contributed by atoms with Crippen molar-refractivity contribution < 1.29 is 27.4 Å². The largest absolute Gasteiger partial charge is 0.503 e. The molecule has 0 radical (unpaired) electrons. The van der Waals surface area contributed by atoms with E-state index in [4.69, 9.17) is 16.3 Å². The number of hydrogen-bond donors (Lipinski definition) is 1. The standard InChI is InChI=1S/C13H9ClF4N2O4/c1-19-7(13(16,17)18)4-8(21)20(12(19)23)9-6(15)3-5(14)11(24-2)10(9)22/h3-4,22H,1-2H3. The van der Waals surface area contributed by atoms with Crippen molar-refractivity contribution in [1.82, 2.24) is 9.13 Å². The second-order valence-electron chi connectivity index (χ2n) is 4.61. The van der Waals surface area contributed by atoms with Crippen molar-refractivity contribution in [2.75, 3.05) is 7.11 Å². The molecule has 2 rings (SSSR count). The van der Waals surface area contributed by atoms with Gasteiger partial charge in [0.25, 0.3) is 5.56 Å². The van der Waals surface area contributed by atoms with Crippen LogP contribution >= 0.6 is 11.6 Å². The van der Waals surface area contributed by atoms with Gasteiger partial charge in [0.15, 0.2) is 17.3 Å². The summed E-state index contributed by atoms with van der Waals surface area (Å²) >= 11 is 5.65. The van der Waals surface area contributed by atoms with E-state index < -0.39 is 46.1 Å². The van der Waals surface area contributed by atoms with Crippen molar-refractivity contribution in [3.05, 3.63) is 49.5 Å². The van der Waals surface area contributed by atoms with Gasteiger partial charge in [0.2, 0.25) is 0 Å². The summed E-state index contributed by atoms with van der Waals surface area (Å²) in [7, 11) is 1.83. The summed E-state index contributed by atoms with van der Waals surface area (Å²) in [6, 6.07) is 0.764. The lowest BCUT2D eigenvalue weighted by Crippen LogP contribution is -2.41. The molecule has 0 saturated heterocycles. The summed E-state index contributed by atoms with van der Waals surface area (Å²) in [6.45, 7) is 0. The van der Waals surface area contributed by atoms with Crippen molar-refractivity contribution in [2.45, 2.75) is 6.18 Å². The lowest BCUT2D eigenvalue weighted by Gasteiger charge is -2.16. The van der Waals surface area contributed by atoms with Crippen molar-refractivity contribution in [3.63, 3.8) is 0 Å². The van der Waals surface area contributed by atoms with Gasteiger partial charge in [0.05, 0.1) is 12.1 Å². The maximum absolute atomic E-state index is 14.1. The first-order valence-electron chi connectivity index (χ1n) is 6.16. The minimum atomic E-state index is -4.97. The maximum atomic E-state index is 14.1. The summed E-state index contributed by atoms with van der Waals surface area (Å²) in [6.07, 6.45) is -4.97. The van der Waals surface area contributed by atoms with Crippen molar-refractivity contribution in [2.24, 2.45) is 7.05 Å². The van der Waals surface area contributed by atoms with Crippen LogP contribution in [0.4, 0.5) is 17.6 Å². The number of hydrogen-bond acceptors (Lipinski definition) is 4. The molecule has 6 nitrogen and oxygen atoms in total. The number of phenols is 1. The fourth-order valence-corrected chi connectivity index (χ4v) is 2.35. The zero-order chi connectivity index (χ0) is 18.4. The van der Waals surface area contributed by atoms with Crippen LogP contribution in [-0.2, 0) is 13.2 Å². The monoisotopic (exact) mass is 368 g/mol. The zero-order valence-electron chi connectivity index (χ0n) is 12.1. The highest BCUT2D eigenvalue weighted by atomic mass is 35.5. The van der Waals surface area contributed by atoms with Gasteiger partial charge in [-0.15, -0.1) is 0 Å². The average molecular weight is 369 g/mol. The number of phenolic OH excluding ortho intramolecular Hbond substituents is 1. The summed E-state index contributed by atoms with van der Waals surface area (Å²) in [5, 5.41) is 9.64. The molecular formula is C13H9ClF4N2O4. The highest BCUT2D eigenvalue weighted by molar-refractivity contribution is 6.32. The number of benzene rings is 1. The Bertz CT molecular complexity index is 934. The minimum Gasteiger partial charge on any atom is -0.503 e. The van der Waals surface area contributed by atoms with Gasteiger partial charge in [-0.05, 0) is 6.07 Å². The van der Waals surface area contributed by atoms with E-state index in [-0.39, 0.29) is 20.2 Å². The summed E-state index contributed by atoms with van der Waals surface area (Å²) in [5.41, 5.74) is -5.47. The van der Waals surface area contributed by atoms with Crippen LogP contribution in [0, 0.1) is 5.82 Å². The third kappa shape index (κ3) is 2.73. The normalized spacial score (nSPS) is 11.6. The van der Waals surface area contributed by atoms with Gasteiger partial charge in [0, 0.05) is 13.1 Å². The molecule has 1 N–H and O–H groups in total. The molecule has 0 saturated carbocycles. The van der Waals surface area contributed by atoms with E-state index >= 15 is 0 Å². The van der Waals surface area contributed by atoms with Crippen LogP contribution in [0.25, 0.3) is 5.69 Å². The van der Waals surface area contributed by atoms with E-state index in [9.17, 15) is 32.3 Å². The number of halogens is 5. The van der Waals surface area contributed by atoms with Gasteiger partial charge in [-0.25, -0.2) is 13.8 Å². The molecule has 0 aliphatic carbocycles. The van der Waals surface area contributed by atoms with Gasteiger partial charge in [-0.2, -0.15) is 13.2 Å². The van der Waals surface area contributed by atoms with Crippen molar-refractivity contribution in [3.8, 4) is 17.2 Å². The Kier molecular flexibility index (Phi) is 4.36. The first-order valence-corrected chi connectivity index (χ1v) is 6.54. The average Bonchev–Trinajstić information content (AvgIpc) is 2.45. The molecule has 0 unspecified atom stereocenters.